The van der Waals surface area contributed by atoms with Gasteiger partial charge in [-0.05, 0) is 33.3 Å². The van der Waals surface area contributed by atoms with E-state index in [1.807, 2.05) is 62.9 Å². The Morgan fingerprint density at radius 2 is 1.56 bits per heavy atom. The third kappa shape index (κ3) is 3.37. The van der Waals surface area contributed by atoms with Crippen molar-refractivity contribution in [2.45, 2.75) is 39.8 Å². The monoisotopic (exact) mass is 218 g/mol. The summed E-state index contributed by atoms with van der Waals surface area (Å²) in [4.78, 5) is 13.9. The lowest BCUT2D eigenvalue weighted by molar-refractivity contribution is -0.130. The van der Waals surface area contributed by atoms with E-state index in [-0.39, 0.29) is 18.0 Å². The van der Waals surface area contributed by atoms with Crippen molar-refractivity contribution in [3.8, 4) is 0 Å². The van der Waals surface area contributed by atoms with E-state index >= 15 is 0 Å². The summed E-state index contributed by atoms with van der Waals surface area (Å²) < 4.78 is 0. The van der Waals surface area contributed by atoms with Crippen molar-refractivity contribution >= 4 is 5.91 Å². The standard InChI is InChI=1S/C14H20NO/c1-11(2)15(12(3)4)14(16)10-13-8-6-5-7-9-13/h5-12H,1-4H3. The molecule has 2 nitrogen and oxygen atoms in total. The molecule has 0 N–H and O–H groups in total. The summed E-state index contributed by atoms with van der Waals surface area (Å²) in [5, 5.41) is 0. The van der Waals surface area contributed by atoms with Crippen LogP contribution in [-0.4, -0.2) is 22.9 Å². The Morgan fingerprint density at radius 3 is 2.00 bits per heavy atom. The van der Waals surface area contributed by atoms with E-state index in [0.29, 0.717) is 0 Å². The van der Waals surface area contributed by atoms with Crippen LogP contribution in [0.25, 0.3) is 0 Å². The molecule has 1 amide bonds. The van der Waals surface area contributed by atoms with Crippen molar-refractivity contribution in [2.24, 2.45) is 0 Å². The zero-order valence-corrected chi connectivity index (χ0v) is 10.5. The predicted octanol–water partition coefficient (Wildman–Crippen LogP) is 2.88. The molecule has 16 heavy (non-hydrogen) atoms. The van der Waals surface area contributed by atoms with Crippen LogP contribution in [0.3, 0.4) is 0 Å². The molecule has 1 aromatic rings. The molecule has 0 unspecified atom stereocenters. The maximum absolute atomic E-state index is 12.1. The van der Waals surface area contributed by atoms with Gasteiger partial charge in [-0.15, -0.1) is 0 Å². The van der Waals surface area contributed by atoms with E-state index in [1.165, 1.54) is 0 Å². The highest BCUT2D eigenvalue weighted by molar-refractivity contribution is 5.88. The van der Waals surface area contributed by atoms with Crippen LogP contribution >= 0.6 is 0 Å². The third-order valence-electron chi connectivity index (χ3n) is 2.46. The number of benzene rings is 1. The Hall–Kier alpha value is -1.31. The molecule has 0 bridgehead atoms. The molecular formula is C14H20NO. The van der Waals surface area contributed by atoms with Gasteiger partial charge in [-0.3, -0.25) is 4.79 Å². The summed E-state index contributed by atoms with van der Waals surface area (Å²) in [5.74, 6) is 0.0798. The van der Waals surface area contributed by atoms with Crippen molar-refractivity contribution in [1.29, 1.82) is 0 Å². The van der Waals surface area contributed by atoms with Crippen molar-refractivity contribution in [3.05, 3.63) is 42.3 Å². The molecule has 2 heteroatoms. The van der Waals surface area contributed by atoms with E-state index in [1.54, 1.807) is 6.42 Å². The zero-order chi connectivity index (χ0) is 12.1. The second kappa shape index (κ2) is 5.69. The van der Waals surface area contributed by atoms with Crippen molar-refractivity contribution in [3.63, 3.8) is 0 Å². The normalized spacial score (nSPS) is 10.9. The van der Waals surface area contributed by atoms with E-state index in [0.717, 1.165) is 5.56 Å². The van der Waals surface area contributed by atoms with E-state index < -0.39 is 0 Å². The second-order valence-corrected chi connectivity index (χ2v) is 4.49. The summed E-state index contributed by atoms with van der Waals surface area (Å²) >= 11 is 0. The number of carbonyl (C=O) groups excluding carboxylic acids is 1. The molecule has 1 radical (unpaired) electrons. The molecule has 1 aromatic carbocycles. The summed E-state index contributed by atoms with van der Waals surface area (Å²) in [5.41, 5.74) is 0.957. The molecule has 0 aliphatic carbocycles. The van der Waals surface area contributed by atoms with Gasteiger partial charge in [-0.2, -0.15) is 0 Å². The van der Waals surface area contributed by atoms with Gasteiger partial charge in [0.25, 0.3) is 0 Å². The lowest BCUT2D eigenvalue weighted by atomic mass is 10.1. The molecule has 0 spiro atoms. The molecule has 0 saturated carbocycles. The van der Waals surface area contributed by atoms with E-state index in [9.17, 15) is 4.79 Å². The molecular weight excluding hydrogens is 198 g/mol. The first-order chi connectivity index (χ1) is 7.52. The smallest absolute Gasteiger partial charge is 0.231 e. The minimum atomic E-state index is 0.0798. The summed E-state index contributed by atoms with van der Waals surface area (Å²) in [6.07, 6.45) is 1.69. The average molecular weight is 218 g/mol. The third-order valence-corrected chi connectivity index (χ3v) is 2.46. The fourth-order valence-electron chi connectivity index (χ4n) is 1.87. The Bertz CT molecular complexity index is 322. The van der Waals surface area contributed by atoms with Gasteiger partial charge >= 0.3 is 0 Å². The number of amides is 1. The number of hydrogen-bond acceptors (Lipinski definition) is 1. The van der Waals surface area contributed by atoms with Gasteiger partial charge in [0.05, 0.1) is 6.42 Å². The van der Waals surface area contributed by atoms with Crippen molar-refractivity contribution in [2.75, 3.05) is 0 Å². The summed E-state index contributed by atoms with van der Waals surface area (Å²) in [6, 6.07) is 10.2. The molecule has 0 heterocycles. The van der Waals surface area contributed by atoms with Gasteiger partial charge in [0.2, 0.25) is 5.91 Å². The number of rotatable bonds is 4. The summed E-state index contributed by atoms with van der Waals surface area (Å²) in [7, 11) is 0. The van der Waals surface area contributed by atoms with Gasteiger partial charge in [-0.25, -0.2) is 0 Å². The molecule has 0 atom stereocenters. The van der Waals surface area contributed by atoms with Crippen molar-refractivity contribution in [1.82, 2.24) is 4.90 Å². The van der Waals surface area contributed by atoms with Gasteiger partial charge < -0.3 is 4.90 Å². The van der Waals surface area contributed by atoms with Crippen LogP contribution in [0.4, 0.5) is 0 Å². The maximum atomic E-state index is 12.1. The minimum absolute atomic E-state index is 0.0798. The predicted molar refractivity (Wildman–Crippen MR) is 67.0 cm³/mol. The SMILES string of the molecule is CC(C)N(C(=O)[CH]c1ccccc1)C(C)C. The van der Waals surface area contributed by atoms with Crippen LogP contribution < -0.4 is 0 Å². The molecule has 0 aliphatic rings. The number of carbonyl (C=O) groups is 1. The Kier molecular flexibility index (Phi) is 4.53. The fourth-order valence-corrected chi connectivity index (χ4v) is 1.87. The largest absolute Gasteiger partial charge is 0.337 e. The quantitative estimate of drug-likeness (QED) is 0.761. The topological polar surface area (TPSA) is 20.3 Å². The summed E-state index contributed by atoms with van der Waals surface area (Å²) in [6.45, 7) is 8.15. The van der Waals surface area contributed by atoms with Crippen LogP contribution in [0.1, 0.15) is 33.3 Å². The fraction of sp³-hybridized carbons (Fsp3) is 0.429. The van der Waals surface area contributed by atoms with Gasteiger partial charge in [0.1, 0.15) is 0 Å². The second-order valence-electron chi connectivity index (χ2n) is 4.49. The lowest BCUT2D eigenvalue weighted by Gasteiger charge is -2.30. The highest BCUT2D eigenvalue weighted by Crippen LogP contribution is 2.11. The van der Waals surface area contributed by atoms with Gasteiger partial charge in [0.15, 0.2) is 0 Å². The van der Waals surface area contributed by atoms with Gasteiger partial charge in [0, 0.05) is 12.1 Å². The van der Waals surface area contributed by atoms with Crippen LogP contribution in [0.5, 0.6) is 0 Å². The van der Waals surface area contributed by atoms with Crippen molar-refractivity contribution < 1.29 is 4.79 Å². The van der Waals surface area contributed by atoms with Crippen LogP contribution in [-0.2, 0) is 4.79 Å². The number of nitrogens with zero attached hydrogens (tertiary/aromatic N) is 1. The molecule has 87 valence electrons. The van der Waals surface area contributed by atoms with Crippen LogP contribution in [0.2, 0.25) is 0 Å². The Labute approximate surface area is 98.3 Å². The van der Waals surface area contributed by atoms with E-state index in [2.05, 4.69) is 0 Å². The number of hydrogen-bond donors (Lipinski definition) is 0. The Balaban J connectivity index is 2.70. The maximum Gasteiger partial charge on any atom is 0.231 e. The molecule has 0 aliphatic heterocycles. The first-order valence-corrected chi connectivity index (χ1v) is 5.74. The van der Waals surface area contributed by atoms with Crippen LogP contribution in [0.15, 0.2) is 30.3 Å². The Morgan fingerprint density at radius 1 is 1.06 bits per heavy atom. The highest BCUT2D eigenvalue weighted by Gasteiger charge is 2.20. The average Bonchev–Trinajstić information content (AvgIpc) is 2.17. The molecule has 1 rings (SSSR count). The first-order valence-electron chi connectivity index (χ1n) is 5.74. The zero-order valence-electron chi connectivity index (χ0n) is 10.5. The van der Waals surface area contributed by atoms with Crippen LogP contribution in [0, 0.1) is 6.42 Å². The molecule has 0 fully saturated rings. The first kappa shape index (κ1) is 12.8. The highest BCUT2D eigenvalue weighted by atomic mass is 16.2. The molecule has 0 aromatic heterocycles. The lowest BCUT2D eigenvalue weighted by Crippen LogP contribution is -2.42. The minimum Gasteiger partial charge on any atom is -0.337 e. The molecule has 0 saturated heterocycles. The van der Waals surface area contributed by atoms with Gasteiger partial charge in [-0.1, -0.05) is 30.3 Å². The van der Waals surface area contributed by atoms with E-state index in [4.69, 9.17) is 0 Å².